The number of pyridine rings is 2. The highest BCUT2D eigenvalue weighted by Crippen LogP contribution is 2.37. The lowest BCUT2D eigenvalue weighted by Gasteiger charge is -2.28. The summed E-state index contributed by atoms with van der Waals surface area (Å²) in [5.41, 5.74) is 2.57. The average Bonchev–Trinajstić information content (AvgIpc) is 3.29. The number of hydrogen-bond donors (Lipinski definition) is 1. The molecule has 0 aliphatic carbocycles. The van der Waals surface area contributed by atoms with Crippen LogP contribution in [-0.4, -0.2) is 46.5 Å². The van der Waals surface area contributed by atoms with Crippen LogP contribution in [0.15, 0.2) is 70.7 Å². The van der Waals surface area contributed by atoms with Crippen LogP contribution in [0, 0.1) is 0 Å². The van der Waals surface area contributed by atoms with E-state index in [2.05, 4.69) is 50.4 Å². The van der Waals surface area contributed by atoms with Gasteiger partial charge >= 0.3 is 0 Å². The predicted molar refractivity (Wildman–Crippen MR) is 111 cm³/mol. The quantitative estimate of drug-likeness (QED) is 0.569. The van der Waals surface area contributed by atoms with E-state index in [9.17, 15) is 0 Å². The molecule has 0 spiro atoms. The Balaban J connectivity index is 1.68. The fourth-order valence-electron chi connectivity index (χ4n) is 3.35. The highest BCUT2D eigenvalue weighted by atomic mass is 32.2. The Morgan fingerprint density at radius 2 is 1.86 bits per heavy atom. The SMILES string of the molecule is c1ccc(Sc2cc(N3CCOCC3)nc3c(-c4ccn[nH]4)nccc23)cc1. The third-order valence-electron chi connectivity index (χ3n) is 4.74. The molecule has 7 heteroatoms. The summed E-state index contributed by atoms with van der Waals surface area (Å²) < 4.78 is 5.52. The summed E-state index contributed by atoms with van der Waals surface area (Å²) in [5, 5.41) is 8.19. The van der Waals surface area contributed by atoms with Gasteiger partial charge in [-0.25, -0.2) is 4.98 Å². The maximum atomic E-state index is 5.52. The number of fused-ring (bicyclic) bond motifs is 1. The van der Waals surface area contributed by atoms with Crippen molar-refractivity contribution in [2.45, 2.75) is 9.79 Å². The van der Waals surface area contributed by atoms with Crippen molar-refractivity contribution in [3.05, 3.63) is 60.9 Å². The Labute approximate surface area is 167 Å². The molecule has 140 valence electrons. The summed E-state index contributed by atoms with van der Waals surface area (Å²) in [4.78, 5) is 14.2. The zero-order valence-electron chi connectivity index (χ0n) is 15.2. The van der Waals surface area contributed by atoms with Crippen molar-refractivity contribution in [1.82, 2.24) is 20.2 Å². The van der Waals surface area contributed by atoms with Crippen LogP contribution in [0.1, 0.15) is 0 Å². The van der Waals surface area contributed by atoms with Crippen LogP contribution in [0.3, 0.4) is 0 Å². The van der Waals surface area contributed by atoms with E-state index in [4.69, 9.17) is 9.72 Å². The number of ether oxygens (including phenoxy) is 1. The molecule has 1 aliphatic heterocycles. The first-order valence-corrected chi connectivity index (χ1v) is 10.1. The van der Waals surface area contributed by atoms with Gasteiger partial charge < -0.3 is 9.64 Å². The first-order valence-electron chi connectivity index (χ1n) is 9.23. The summed E-state index contributed by atoms with van der Waals surface area (Å²) in [6.07, 6.45) is 3.57. The fraction of sp³-hybridized carbons (Fsp3) is 0.190. The molecule has 4 aromatic rings. The van der Waals surface area contributed by atoms with Gasteiger partial charge in [0.1, 0.15) is 17.0 Å². The summed E-state index contributed by atoms with van der Waals surface area (Å²) >= 11 is 1.75. The van der Waals surface area contributed by atoms with E-state index in [1.165, 1.54) is 9.79 Å². The summed E-state index contributed by atoms with van der Waals surface area (Å²) in [7, 11) is 0. The topological polar surface area (TPSA) is 66.9 Å². The van der Waals surface area contributed by atoms with Crippen molar-refractivity contribution in [3.63, 3.8) is 0 Å². The molecule has 0 bridgehead atoms. The molecule has 28 heavy (non-hydrogen) atoms. The molecule has 0 atom stereocenters. The molecule has 4 heterocycles. The summed E-state index contributed by atoms with van der Waals surface area (Å²) in [6, 6.07) is 16.6. The Morgan fingerprint density at radius 1 is 1.00 bits per heavy atom. The van der Waals surface area contributed by atoms with Crippen LogP contribution < -0.4 is 4.90 Å². The first-order chi connectivity index (χ1) is 13.9. The highest BCUT2D eigenvalue weighted by molar-refractivity contribution is 7.99. The minimum Gasteiger partial charge on any atom is -0.378 e. The number of morpholine rings is 1. The third-order valence-corrected chi connectivity index (χ3v) is 5.80. The van der Waals surface area contributed by atoms with E-state index >= 15 is 0 Å². The van der Waals surface area contributed by atoms with Gasteiger partial charge in [-0.3, -0.25) is 10.1 Å². The Kier molecular flexibility index (Phi) is 4.68. The van der Waals surface area contributed by atoms with E-state index in [1.807, 2.05) is 24.4 Å². The number of anilines is 1. The molecule has 1 saturated heterocycles. The van der Waals surface area contributed by atoms with E-state index in [0.717, 1.165) is 54.4 Å². The van der Waals surface area contributed by atoms with Gasteiger partial charge in [-0.05, 0) is 30.3 Å². The van der Waals surface area contributed by atoms with Gasteiger partial charge in [-0.2, -0.15) is 5.10 Å². The lowest BCUT2D eigenvalue weighted by atomic mass is 10.1. The van der Waals surface area contributed by atoms with Gasteiger partial charge in [0, 0.05) is 40.7 Å². The maximum absolute atomic E-state index is 5.52. The second-order valence-corrected chi connectivity index (χ2v) is 7.63. The number of aromatic amines is 1. The van der Waals surface area contributed by atoms with Crippen LogP contribution in [0.5, 0.6) is 0 Å². The van der Waals surface area contributed by atoms with Crippen LogP contribution in [-0.2, 0) is 4.74 Å². The number of aromatic nitrogens is 4. The minimum absolute atomic E-state index is 0.724. The van der Waals surface area contributed by atoms with Crippen LogP contribution in [0.4, 0.5) is 5.82 Å². The van der Waals surface area contributed by atoms with Crippen LogP contribution in [0.2, 0.25) is 0 Å². The van der Waals surface area contributed by atoms with Crippen molar-refractivity contribution in [1.29, 1.82) is 0 Å². The minimum atomic E-state index is 0.724. The molecule has 1 aromatic carbocycles. The Morgan fingerprint density at radius 3 is 2.64 bits per heavy atom. The number of rotatable bonds is 4. The van der Waals surface area contributed by atoms with Gasteiger partial charge in [-0.15, -0.1) is 0 Å². The molecule has 1 fully saturated rings. The lowest BCUT2D eigenvalue weighted by Crippen LogP contribution is -2.36. The zero-order valence-corrected chi connectivity index (χ0v) is 16.0. The van der Waals surface area contributed by atoms with Crippen molar-refractivity contribution in [3.8, 4) is 11.4 Å². The molecular formula is C21H19N5OS. The number of benzene rings is 1. The van der Waals surface area contributed by atoms with Crippen molar-refractivity contribution in [2.75, 3.05) is 31.2 Å². The molecule has 5 rings (SSSR count). The second-order valence-electron chi connectivity index (χ2n) is 6.52. The fourth-order valence-corrected chi connectivity index (χ4v) is 4.33. The number of nitrogens with zero attached hydrogens (tertiary/aromatic N) is 4. The standard InChI is InChI=1S/C21H19N5OS/c1-2-4-15(5-3-1)28-18-14-19(26-10-12-27-13-11-26)24-20-16(18)6-8-22-21(20)17-7-9-23-25-17/h1-9,14H,10-13H2,(H,23,25). The zero-order chi connectivity index (χ0) is 18.8. The van der Waals surface area contributed by atoms with Gasteiger partial charge in [0.2, 0.25) is 0 Å². The van der Waals surface area contributed by atoms with Gasteiger partial charge in [-0.1, -0.05) is 30.0 Å². The van der Waals surface area contributed by atoms with E-state index in [1.54, 1.807) is 18.0 Å². The van der Waals surface area contributed by atoms with Gasteiger partial charge in [0.05, 0.1) is 18.9 Å². The number of H-pyrrole nitrogens is 1. The largest absolute Gasteiger partial charge is 0.378 e. The van der Waals surface area contributed by atoms with E-state index in [0.29, 0.717) is 0 Å². The van der Waals surface area contributed by atoms with E-state index in [-0.39, 0.29) is 0 Å². The molecule has 1 aliphatic rings. The van der Waals surface area contributed by atoms with Crippen LogP contribution >= 0.6 is 11.8 Å². The Hall–Kier alpha value is -2.90. The second kappa shape index (κ2) is 7.61. The molecule has 0 radical (unpaired) electrons. The lowest BCUT2D eigenvalue weighted by molar-refractivity contribution is 0.122. The Bertz CT molecular complexity index is 1080. The molecule has 6 nitrogen and oxygen atoms in total. The molecule has 1 N–H and O–H groups in total. The smallest absolute Gasteiger partial charge is 0.130 e. The van der Waals surface area contributed by atoms with Crippen molar-refractivity contribution >= 4 is 28.5 Å². The van der Waals surface area contributed by atoms with Gasteiger partial charge in [0.25, 0.3) is 0 Å². The monoisotopic (exact) mass is 389 g/mol. The average molecular weight is 389 g/mol. The molecular weight excluding hydrogens is 370 g/mol. The summed E-state index contributed by atoms with van der Waals surface area (Å²) in [6.45, 7) is 3.13. The third kappa shape index (κ3) is 3.34. The van der Waals surface area contributed by atoms with Crippen molar-refractivity contribution in [2.24, 2.45) is 0 Å². The number of hydrogen-bond acceptors (Lipinski definition) is 6. The predicted octanol–water partition coefficient (Wildman–Crippen LogP) is 4.01. The molecule has 0 amide bonds. The van der Waals surface area contributed by atoms with Gasteiger partial charge in [0.15, 0.2) is 0 Å². The summed E-state index contributed by atoms with van der Waals surface area (Å²) in [5.74, 6) is 0.961. The number of nitrogens with one attached hydrogen (secondary N) is 1. The highest BCUT2D eigenvalue weighted by Gasteiger charge is 2.18. The van der Waals surface area contributed by atoms with Crippen molar-refractivity contribution < 1.29 is 4.74 Å². The van der Waals surface area contributed by atoms with E-state index < -0.39 is 0 Å². The normalized spacial score (nSPS) is 14.5. The first kappa shape index (κ1) is 17.2. The molecule has 0 saturated carbocycles. The van der Waals surface area contributed by atoms with Crippen LogP contribution in [0.25, 0.3) is 22.3 Å². The molecule has 0 unspecified atom stereocenters. The molecule has 3 aromatic heterocycles. The maximum Gasteiger partial charge on any atom is 0.130 e.